The van der Waals surface area contributed by atoms with Gasteiger partial charge in [0, 0.05) is 6.54 Å². The summed E-state index contributed by atoms with van der Waals surface area (Å²) < 4.78 is 1.74. The van der Waals surface area contributed by atoms with E-state index in [1.54, 1.807) is 4.68 Å². The van der Waals surface area contributed by atoms with Gasteiger partial charge in [-0.3, -0.25) is 4.79 Å². The van der Waals surface area contributed by atoms with Gasteiger partial charge in [-0.05, 0) is 44.0 Å². The summed E-state index contributed by atoms with van der Waals surface area (Å²) in [6.45, 7) is 12.8. The molecule has 0 spiro atoms. The number of hydrogen-bond donors (Lipinski definition) is 1. The van der Waals surface area contributed by atoms with E-state index in [1.807, 2.05) is 27.7 Å². The number of aromatic nitrogens is 4. The van der Waals surface area contributed by atoms with Gasteiger partial charge in [0.1, 0.15) is 0 Å². The average molecular weight is 285 g/mol. The van der Waals surface area contributed by atoms with Crippen LogP contribution in [0.1, 0.15) is 41.5 Å². The Bertz CT molecular complexity index is 424. The van der Waals surface area contributed by atoms with Crippen molar-refractivity contribution in [2.75, 3.05) is 6.54 Å². The maximum atomic E-state index is 11.9. The van der Waals surface area contributed by atoms with Crippen molar-refractivity contribution in [3.05, 3.63) is 0 Å². The number of hydrogen-bond acceptors (Lipinski definition) is 5. The van der Waals surface area contributed by atoms with Gasteiger partial charge in [-0.25, -0.2) is 4.68 Å². The predicted molar refractivity (Wildman–Crippen MR) is 76.0 cm³/mol. The van der Waals surface area contributed by atoms with E-state index in [2.05, 4.69) is 34.7 Å². The molecule has 0 bridgehead atoms. The highest BCUT2D eigenvalue weighted by atomic mass is 32.2. The zero-order valence-electron chi connectivity index (χ0n) is 12.5. The molecule has 19 heavy (non-hydrogen) atoms. The van der Waals surface area contributed by atoms with Gasteiger partial charge in [0.2, 0.25) is 11.1 Å². The Hall–Kier alpha value is -1.11. The summed E-state index contributed by atoms with van der Waals surface area (Å²) in [5, 5.41) is 15.0. The summed E-state index contributed by atoms with van der Waals surface area (Å²) in [4.78, 5) is 11.9. The lowest BCUT2D eigenvalue weighted by Crippen LogP contribution is -2.34. The molecule has 1 heterocycles. The van der Waals surface area contributed by atoms with E-state index in [9.17, 15) is 4.79 Å². The van der Waals surface area contributed by atoms with Crippen molar-refractivity contribution in [2.45, 2.75) is 57.5 Å². The number of nitrogens with one attached hydrogen (secondary N) is 1. The minimum atomic E-state index is -0.217. The summed E-state index contributed by atoms with van der Waals surface area (Å²) in [7, 11) is 0. The Balaban J connectivity index is 2.65. The maximum Gasteiger partial charge on any atom is 0.233 e. The molecule has 0 fully saturated rings. The number of carbonyl (C=O) groups is 1. The van der Waals surface area contributed by atoms with E-state index in [1.165, 1.54) is 11.8 Å². The molecule has 1 atom stereocenters. The molecule has 6 nitrogen and oxygen atoms in total. The molecule has 0 saturated heterocycles. The summed E-state index contributed by atoms with van der Waals surface area (Å²) in [6, 6.07) is 0. The minimum Gasteiger partial charge on any atom is -0.355 e. The highest BCUT2D eigenvalue weighted by molar-refractivity contribution is 8.00. The van der Waals surface area contributed by atoms with Crippen LogP contribution in [-0.2, 0) is 10.3 Å². The van der Waals surface area contributed by atoms with Crippen LogP contribution in [0.2, 0.25) is 0 Å². The standard InChI is InChI=1S/C12H23N5OS/c1-8(2)7-13-10(18)9(3)19-11-14-15-16-17(11)12(4,5)6/h8-9H,7H2,1-6H3,(H,13,18). The van der Waals surface area contributed by atoms with E-state index in [4.69, 9.17) is 0 Å². The highest BCUT2D eigenvalue weighted by Gasteiger charge is 2.23. The third-order valence-electron chi connectivity index (χ3n) is 2.41. The summed E-state index contributed by atoms with van der Waals surface area (Å²) in [6.07, 6.45) is 0. The first-order valence-corrected chi connectivity index (χ1v) is 7.33. The number of rotatable bonds is 5. The van der Waals surface area contributed by atoms with Crippen LogP contribution in [0.25, 0.3) is 0 Å². The molecule has 1 amide bonds. The van der Waals surface area contributed by atoms with E-state index < -0.39 is 0 Å². The van der Waals surface area contributed by atoms with Crippen LogP contribution in [-0.4, -0.2) is 37.9 Å². The molecule has 0 aliphatic heterocycles. The van der Waals surface area contributed by atoms with Crippen LogP contribution in [0.5, 0.6) is 0 Å². The molecule has 7 heteroatoms. The molecular weight excluding hydrogens is 262 g/mol. The quantitative estimate of drug-likeness (QED) is 0.833. The SMILES string of the molecule is CC(C)CNC(=O)C(C)Sc1nnnn1C(C)(C)C. The molecule has 108 valence electrons. The first kappa shape index (κ1) is 15.9. The van der Waals surface area contributed by atoms with Crippen molar-refractivity contribution in [3.8, 4) is 0 Å². The van der Waals surface area contributed by atoms with E-state index in [0.29, 0.717) is 17.6 Å². The molecular formula is C12H23N5OS. The van der Waals surface area contributed by atoms with Gasteiger partial charge in [-0.1, -0.05) is 25.6 Å². The van der Waals surface area contributed by atoms with Gasteiger partial charge in [0.25, 0.3) is 0 Å². The Morgan fingerprint density at radius 3 is 2.53 bits per heavy atom. The lowest BCUT2D eigenvalue weighted by Gasteiger charge is -2.20. The molecule has 0 saturated carbocycles. The zero-order chi connectivity index (χ0) is 14.6. The predicted octanol–water partition coefficient (Wildman–Crippen LogP) is 1.68. The summed E-state index contributed by atoms with van der Waals surface area (Å²) in [5.41, 5.74) is -0.194. The first-order valence-electron chi connectivity index (χ1n) is 6.45. The van der Waals surface area contributed by atoms with Crippen LogP contribution in [0.3, 0.4) is 0 Å². The van der Waals surface area contributed by atoms with Crippen molar-refractivity contribution in [1.29, 1.82) is 0 Å². The van der Waals surface area contributed by atoms with Gasteiger partial charge in [-0.2, -0.15) is 0 Å². The molecule has 1 aromatic rings. The molecule has 0 aliphatic rings. The number of nitrogens with zero attached hydrogens (tertiary/aromatic N) is 4. The topological polar surface area (TPSA) is 72.7 Å². The highest BCUT2D eigenvalue weighted by Crippen LogP contribution is 2.24. The number of thioether (sulfide) groups is 1. The Kier molecular flexibility index (Phi) is 5.34. The third kappa shape index (κ3) is 4.81. The average Bonchev–Trinajstić information content (AvgIpc) is 2.73. The monoisotopic (exact) mass is 285 g/mol. The molecule has 1 aromatic heterocycles. The fourth-order valence-corrected chi connectivity index (χ4v) is 2.33. The van der Waals surface area contributed by atoms with Crippen LogP contribution in [0.4, 0.5) is 0 Å². The van der Waals surface area contributed by atoms with E-state index >= 15 is 0 Å². The van der Waals surface area contributed by atoms with Gasteiger partial charge in [-0.15, -0.1) is 5.10 Å². The molecule has 0 radical (unpaired) electrons. The van der Waals surface area contributed by atoms with Gasteiger partial charge in [0.15, 0.2) is 0 Å². The Labute approximate surface area is 118 Å². The molecule has 1 rings (SSSR count). The second-order valence-corrected chi connectivity index (χ2v) is 7.25. The molecule has 1 N–H and O–H groups in total. The smallest absolute Gasteiger partial charge is 0.233 e. The zero-order valence-corrected chi connectivity index (χ0v) is 13.3. The van der Waals surface area contributed by atoms with Crippen molar-refractivity contribution >= 4 is 17.7 Å². The fourth-order valence-electron chi connectivity index (χ4n) is 1.33. The fraction of sp³-hybridized carbons (Fsp3) is 0.833. The lowest BCUT2D eigenvalue weighted by atomic mass is 10.1. The Morgan fingerprint density at radius 2 is 2.00 bits per heavy atom. The second-order valence-electron chi connectivity index (χ2n) is 5.94. The number of carbonyl (C=O) groups excluding carboxylic acids is 1. The van der Waals surface area contributed by atoms with Gasteiger partial charge in [0.05, 0.1) is 10.8 Å². The van der Waals surface area contributed by atoms with Crippen molar-refractivity contribution < 1.29 is 4.79 Å². The molecule has 0 aliphatic carbocycles. The lowest BCUT2D eigenvalue weighted by molar-refractivity contribution is -0.120. The summed E-state index contributed by atoms with van der Waals surface area (Å²) >= 11 is 1.38. The van der Waals surface area contributed by atoms with Crippen molar-refractivity contribution in [3.63, 3.8) is 0 Å². The van der Waals surface area contributed by atoms with Crippen molar-refractivity contribution in [2.24, 2.45) is 5.92 Å². The molecule has 0 aromatic carbocycles. The number of amides is 1. The van der Waals surface area contributed by atoms with E-state index in [-0.39, 0.29) is 16.7 Å². The second kappa shape index (κ2) is 6.36. The summed E-state index contributed by atoms with van der Waals surface area (Å²) in [5.74, 6) is 0.461. The van der Waals surface area contributed by atoms with Crippen molar-refractivity contribution in [1.82, 2.24) is 25.5 Å². The van der Waals surface area contributed by atoms with Crippen LogP contribution in [0, 0.1) is 5.92 Å². The minimum absolute atomic E-state index is 0.0159. The van der Waals surface area contributed by atoms with Crippen LogP contribution < -0.4 is 5.32 Å². The number of tetrazole rings is 1. The van der Waals surface area contributed by atoms with Crippen LogP contribution in [0.15, 0.2) is 5.16 Å². The normalized spacial score (nSPS) is 13.6. The first-order chi connectivity index (χ1) is 8.71. The van der Waals surface area contributed by atoms with Crippen LogP contribution >= 0.6 is 11.8 Å². The maximum absolute atomic E-state index is 11.9. The van der Waals surface area contributed by atoms with Gasteiger partial charge < -0.3 is 5.32 Å². The molecule has 1 unspecified atom stereocenters. The third-order valence-corrected chi connectivity index (χ3v) is 3.45. The van der Waals surface area contributed by atoms with E-state index in [0.717, 1.165) is 0 Å². The largest absolute Gasteiger partial charge is 0.355 e. The Morgan fingerprint density at radius 1 is 1.37 bits per heavy atom. The van der Waals surface area contributed by atoms with Gasteiger partial charge >= 0.3 is 0 Å².